The van der Waals surface area contributed by atoms with Crippen LogP contribution in [0.4, 0.5) is 0 Å². The molecule has 86 valence electrons. The number of nitrogens with zero attached hydrogens (tertiary/aromatic N) is 3. The summed E-state index contributed by atoms with van der Waals surface area (Å²) >= 11 is 0. The summed E-state index contributed by atoms with van der Waals surface area (Å²) in [5, 5.41) is 11.1. The minimum atomic E-state index is -0.202. The Hall–Kier alpha value is -2.11. The average Bonchev–Trinajstić information content (AvgIpc) is 2.30. The molecule has 0 saturated heterocycles. The summed E-state index contributed by atoms with van der Waals surface area (Å²) in [4.78, 5) is 16.9. The van der Waals surface area contributed by atoms with E-state index in [2.05, 4.69) is 10.1 Å². The number of hydrogen-bond donors (Lipinski definition) is 2. The van der Waals surface area contributed by atoms with Gasteiger partial charge in [0.25, 0.3) is 0 Å². The number of carbonyl (C=O) groups is 1. The molecule has 16 heavy (non-hydrogen) atoms. The summed E-state index contributed by atoms with van der Waals surface area (Å²) < 4.78 is 0. The Bertz CT molecular complexity index is 378. The maximum atomic E-state index is 11.6. The second-order valence-corrected chi connectivity index (χ2v) is 3.37. The molecule has 1 amide bonds. The van der Waals surface area contributed by atoms with E-state index < -0.39 is 0 Å². The molecule has 0 atom stereocenters. The molecule has 0 unspecified atom stereocenters. The highest BCUT2D eigenvalue weighted by Crippen LogP contribution is 2.02. The van der Waals surface area contributed by atoms with Crippen molar-refractivity contribution in [2.75, 3.05) is 7.05 Å². The SMILES string of the molecule is CN(Cc1ccncc1)C(=O)C/C(N)=N/O. The Morgan fingerprint density at radius 2 is 2.19 bits per heavy atom. The average molecular weight is 222 g/mol. The van der Waals surface area contributed by atoms with Gasteiger partial charge in [-0.05, 0) is 17.7 Å². The van der Waals surface area contributed by atoms with Crippen molar-refractivity contribution < 1.29 is 10.0 Å². The lowest BCUT2D eigenvalue weighted by Gasteiger charge is -2.16. The first kappa shape index (κ1) is 12.0. The molecule has 6 heteroatoms. The van der Waals surface area contributed by atoms with Crippen molar-refractivity contribution in [3.8, 4) is 0 Å². The maximum Gasteiger partial charge on any atom is 0.230 e. The third kappa shape index (κ3) is 3.56. The number of amides is 1. The van der Waals surface area contributed by atoms with Crippen molar-refractivity contribution >= 4 is 11.7 Å². The van der Waals surface area contributed by atoms with E-state index in [1.165, 1.54) is 4.90 Å². The van der Waals surface area contributed by atoms with E-state index in [1.807, 2.05) is 12.1 Å². The fourth-order valence-electron chi connectivity index (χ4n) is 1.18. The zero-order valence-corrected chi connectivity index (χ0v) is 9.00. The van der Waals surface area contributed by atoms with Crippen LogP contribution in [0, 0.1) is 0 Å². The van der Waals surface area contributed by atoms with Gasteiger partial charge in [-0.1, -0.05) is 5.16 Å². The summed E-state index contributed by atoms with van der Waals surface area (Å²) in [5.74, 6) is -0.293. The molecule has 0 aliphatic rings. The lowest BCUT2D eigenvalue weighted by Crippen LogP contribution is -2.30. The predicted molar refractivity (Wildman–Crippen MR) is 58.7 cm³/mol. The normalized spacial score (nSPS) is 11.2. The first-order valence-electron chi connectivity index (χ1n) is 4.72. The molecule has 1 aromatic rings. The van der Waals surface area contributed by atoms with Crippen LogP contribution in [-0.2, 0) is 11.3 Å². The summed E-state index contributed by atoms with van der Waals surface area (Å²) in [7, 11) is 1.66. The molecule has 1 aromatic heterocycles. The van der Waals surface area contributed by atoms with Gasteiger partial charge < -0.3 is 15.8 Å². The van der Waals surface area contributed by atoms with E-state index in [-0.39, 0.29) is 18.2 Å². The molecule has 0 aliphatic carbocycles. The molecule has 0 aliphatic heterocycles. The Morgan fingerprint density at radius 3 is 2.75 bits per heavy atom. The van der Waals surface area contributed by atoms with Crippen molar-refractivity contribution in [3.63, 3.8) is 0 Å². The van der Waals surface area contributed by atoms with Gasteiger partial charge in [0.15, 0.2) is 0 Å². The maximum absolute atomic E-state index is 11.6. The molecule has 0 saturated carbocycles. The molecule has 0 aromatic carbocycles. The first-order chi connectivity index (χ1) is 7.63. The minimum Gasteiger partial charge on any atom is -0.409 e. The van der Waals surface area contributed by atoms with Crippen LogP contribution in [0.25, 0.3) is 0 Å². The van der Waals surface area contributed by atoms with Gasteiger partial charge >= 0.3 is 0 Å². The molecular weight excluding hydrogens is 208 g/mol. The van der Waals surface area contributed by atoms with Crippen LogP contribution >= 0.6 is 0 Å². The smallest absolute Gasteiger partial charge is 0.230 e. The van der Waals surface area contributed by atoms with Gasteiger partial charge in [0.2, 0.25) is 5.91 Å². The van der Waals surface area contributed by atoms with Gasteiger partial charge in [0.05, 0.1) is 6.42 Å². The lowest BCUT2D eigenvalue weighted by molar-refractivity contribution is -0.129. The number of nitrogens with two attached hydrogens (primary N) is 1. The molecule has 0 spiro atoms. The third-order valence-electron chi connectivity index (χ3n) is 2.06. The molecule has 1 rings (SSSR count). The Labute approximate surface area is 93.4 Å². The quantitative estimate of drug-likeness (QED) is 0.329. The zero-order valence-electron chi connectivity index (χ0n) is 9.00. The van der Waals surface area contributed by atoms with Gasteiger partial charge in [-0.25, -0.2) is 0 Å². The van der Waals surface area contributed by atoms with Crippen LogP contribution in [-0.4, -0.2) is 33.9 Å². The van der Waals surface area contributed by atoms with E-state index in [4.69, 9.17) is 10.9 Å². The second-order valence-electron chi connectivity index (χ2n) is 3.37. The number of pyridine rings is 1. The highest BCUT2D eigenvalue weighted by atomic mass is 16.4. The van der Waals surface area contributed by atoms with Gasteiger partial charge in [-0.3, -0.25) is 9.78 Å². The van der Waals surface area contributed by atoms with Crippen LogP contribution in [0.2, 0.25) is 0 Å². The van der Waals surface area contributed by atoms with Crippen molar-refractivity contribution in [1.29, 1.82) is 0 Å². The molecule has 6 nitrogen and oxygen atoms in total. The van der Waals surface area contributed by atoms with Crippen molar-refractivity contribution in [2.24, 2.45) is 10.9 Å². The van der Waals surface area contributed by atoms with E-state index in [1.54, 1.807) is 19.4 Å². The number of oxime groups is 1. The second kappa shape index (κ2) is 5.69. The zero-order chi connectivity index (χ0) is 12.0. The summed E-state index contributed by atoms with van der Waals surface area (Å²) in [6.07, 6.45) is 3.24. The number of rotatable bonds is 4. The Kier molecular flexibility index (Phi) is 4.26. The standard InChI is InChI=1S/C10H14N4O2/c1-14(10(15)6-9(11)13-16)7-8-2-4-12-5-3-8/h2-5,16H,6-7H2,1H3,(H2,11,13). The van der Waals surface area contributed by atoms with Gasteiger partial charge in [-0.15, -0.1) is 0 Å². The molecule has 0 bridgehead atoms. The van der Waals surface area contributed by atoms with Crippen molar-refractivity contribution in [3.05, 3.63) is 30.1 Å². The predicted octanol–water partition coefficient (Wildman–Crippen LogP) is 0.176. The fraction of sp³-hybridized carbons (Fsp3) is 0.300. The van der Waals surface area contributed by atoms with Gasteiger partial charge in [-0.2, -0.15) is 0 Å². The monoisotopic (exact) mass is 222 g/mol. The molecule has 3 N–H and O–H groups in total. The summed E-state index contributed by atoms with van der Waals surface area (Å²) in [6, 6.07) is 3.65. The summed E-state index contributed by atoms with van der Waals surface area (Å²) in [5.41, 5.74) is 6.22. The Balaban J connectivity index is 2.53. The molecular formula is C10H14N4O2. The van der Waals surface area contributed by atoms with Crippen LogP contribution in [0.3, 0.4) is 0 Å². The van der Waals surface area contributed by atoms with Crippen molar-refractivity contribution in [2.45, 2.75) is 13.0 Å². The molecule has 1 heterocycles. The van der Waals surface area contributed by atoms with E-state index in [0.29, 0.717) is 6.54 Å². The molecule has 0 radical (unpaired) electrons. The highest BCUT2D eigenvalue weighted by molar-refractivity contribution is 5.98. The topological polar surface area (TPSA) is 91.8 Å². The first-order valence-corrected chi connectivity index (χ1v) is 4.72. The van der Waals surface area contributed by atoms with E-state index in [9.17, 15) is 4.79 Å². The van der Waals surface area contributed by atoms with Crippen LogP contribution < -0.4 is 5.73 Å². The van der Waals surface area contributed by atoms with Crippen molar-refractivity contribution in [1.82, 2.24) is 9.88 Å². The van der Waals surface area contributed by atoms with Gasteiger partial charge in [0.1, 0.15) is 5.84 Å². The number of hydrogen-bond acceptors (Lipinski definition) is 4. The van der Waals surface area contributed by atoms with Crippen LogP contribution in [0.5, 0.6) is 0 Å². The van der Waals surface area contributed by atoms with E-state index >= 15 is 0 Å². The van der Waals surface area contributed by atoms with E-state index in [0.717, 1.165) is 5.56 Å². The molecule has 0 fully saturated rings. The van der Waals surface area contributed by atoms with Gasteiger partial charge in [0, 0.05) is 26.0 Å². The Morgan fingerprint density at radius 1 is 1.56 bits per heavy atom. The number of carbonyl (C=O) groups excluding carboxylic acids is 1. The third-order valence-corrected chi connectivity index (χ3v) is 2.06. The fourth-order valence-corrected chi connectivity index (χ4v) is 1.18. The number of aromatic nitrogens is 1. The summed E-state index contributed by atoms with van der Waals surface area (Å²) in [6.45, 7) is 0.472. The number of amidine groups is 1. The van der Waals surface area contributed by atoms with Crippen LogP contribution in [0.1, 0.15) is 12.0 Å². The lowest BCUT2D eigenvalue weighted by atomic mass is 10.2. The van der Waals surface area contributed by atoms with Crippen LogP contribution in [0.15, 0.2) is 29.7 Å². The minimum absolute atomic E-state index is 0.0852. The highest BCUT2D eigenvalue weighted by Gasteiger charge is 2.11. The largest absolute Gasteiger partial charge is 0.409 e.